The summed E-state index contributed by atoms with van der Waals surface area (Å²) in [6, 6.07) is 0. The van der Waals surface area contributed by atoms with Crippen LogP contribution in [0.3, 0.4) is 0 Å². The Morgan fingerprint density at radius 1 is 0.293 bits per heavy atom. The van der Waals surface area contributed by atoms with Gasteiger partial charge in [-0.05, 0) is 122 Å². The topological polar surface area (TPSA) is 231 Å². The van der Waals surface area contributed by atoms with Crippen molar-refractivity contribution in [3.05, 3.63) is 134 Å². The van der Waals surface area contributed by atoms with Gasteiger partial charge in [0, 0.05) is 19.3 Å². The molecule has 0 aromatic rings. The first-order valence-corrected chi connectivity index (χ1v) is 41.5. The van der Waals surface area contributed by atoms with E-state index in [0.29, 0.717) is 25.7 Å². The van der Waals surface area contributed by atoms with E-state index >= 15 is 0 Å². The van der Waals surface area contributed by atoms with E-state index in [-0.39, 0.29) is 19.3 Å². The van der Waals surface area contributed by atoms with Gasteiger partial charge in [0.1, 0.15) is 25.4 Å². The summed E-state index contributed by atoms with van der Waals surface area (Å²) >= 11 is 0. The Bertz CT molecular complexity index is 2330. The number of phosphoric acid groups is 2. The molecule has 0 aromatic carbocycles. The third-order valence-corrected chi connectivity index (χ3v) is 17.7. The van der Waals surface area contributed by atoms with Gasteiger partial charge in [-0.25, -0.2) is 9.13 Å². The molecule has 0 aliphatic heterocycles. The van der Waals surface area contributed by atoms with Gasteiger partial charge in [-0.1, -0.05) is 296 Å². The lowest BCUT2D eigenvalue weighted by Crippen LogP contribution is -2.30. The predicted molar refractivity (Wildman–Crippen MR) is 408 cm³/mol. The number of aliphatic hydroxyl groups is 2. The van der Waals surface area contributed by atoms with Crippen LogP contribution in [0.25, 0.3) is 0 Å². The zero-order valence-electron chi connectivity index (χ0n) is 61.9. The normalized spacial score (nSPS) is 14.8. The van der Waals surface area contributed by atoms with Crippen LogP contribution in [0.5, 0.6) is 0 Å². The number of phosphoric ester groups is 2. The average molecular weight is 1430 g/mol. The summed E-state index contributed by atoms with van der Waals surface area (Å²) in [4.78, 5) is 58.4. The number of hydrogen-bond donors (Lipinski definition) is 4. The summed E-state index contributed by atoms with van der Waals surface area (Å²) in [6.45, 7) is 2.39. The Morgan fingerprint density at radius 2 is 0.566 bits per heavy atom. The van der Waals surface area contributed by atoms with Crippen LogP contribution < -0.4 is 0 Å². The number of unbranched alkanes of at least 4 members (excludes halogenated alkanes) is 27. The highest BCUT2D eigenvalue weighted by molar-refractivity contribution is 7.47. The molecule has 568 valence electrons. The molecule has 4 N–H and O–H groups in total. The molecule has 5 atom stereocenters. The van der Waals surface area contributed by atoms with Gasteiger partial charge in [-0.2, -0.15) is 0 Å². The number of carbonyl (C=O) groups is 3. The molecule has 0 spiro atoms. The van der Waals surface area contributed by atoms with Crippen molar-refractivity contribution in [2.75, 3.05) is 39.6 Å². The SMILES string of the molecule is CC/C=C\C/C=C\C/C=C\C/C=C\C/C=C\C/C=C\CCC(=O)OCC(COP(=O)(O)OCC(O)COP(=O)(O)OCC(O)COC(=O)CCCCCCCCCCCCCCCCCCC/C=C\C/C=C\C/C=C\C/C=C\CCCCC)OC(=O)CCCCCCC/C=C\CCCC. The minimum absolute atomic E-state index is 0.0411. The molecule has 0 amide bonds. The fraction of sp³-hybridized carbons (Fsp3) is 0.691. The van der Waals surface area contributed by atoms with E-state index in [1.54, 1.807) is 0 Å². The van der Waals surface area contributed by atoms with Gasteiger partial charge in [-0.15, -0.1) is 0 Å². The molecule has 0 aliphatic rings. The third-order valence-electron chi connectivity index (χ3n) is 15.8. The molecule has 5 unspecified atom stereocenters. The van der Waals surface area contributed by atoms with Crippen molar-refractivity contribution in [1.82, 2.24) is 0 Å². The first kappa shape index (κ1) is 94.7. The lowest BCUT2D eigenvalue weighted by atomic mass is 10.0. The van der Waals surface area contributed by atoms with E-state index in [4.69, 9.17) is 32.3 Å². The van der Waals surface area contributed by atoms with Crippen molar-refractivity contribution in [1.29, 1.82) is 0 Å². The minimum Gasteiger partial charge on any atom is -0.463 e. The predicted octanol–water partition coefficient (Wildman–Crippen LogP) is 22.3. The van der Waals surface area contributed by atoms with E-state index in [2.05, 4.69) is 136 Å². The third kappa shape index (κ3) is 74.7. The van der Waals surface area contributed by atoms with Crippen molar-refractivity contribution in [2.24, 2.45) is 0 Å². The van der Waals surface area contributed by atoms with Crippen molar-refractivity contribution < 1.29 is 75.8 Å². The molecular formula is C81H138O16P2. The molecule has 16 nitrogen and oxygen atoms in total. The molecule has 0 aromatic heterocycles. The second-order valence-electron chi connectivity index (χ2n) is 25.4. The largest absolute Gasteiger partial charge is 0.472 e. The molecule has 0 radical (unpaired) electrons. The van der Waals surface area contributed by atoms with Crippen LogP contribution in [0.2, 0.25) is 0 Å². The van der Waals surface area contributed by atoms with Gasteiger partial charge < -0.3 is 34.2 Å². The standard InChI is InChI=1S/C81H138O16P2/c1-4-7-10-13-16-19-22-24-26-28-30-31-32-33-34-35-36-37-38-39-40-41-42-43-45-47-48-50-53-55-58-61-64-67-79(84)91-70-76(82)71-93-98(87,88)94-72-77(83)73-95-99(89,90)96-75-78(97-81(86)69-66-63-60-57-52-21-18-15-12-9-6-3)74-92-80(85)68-65-62-59-56-54-51-49-46-44-29-27-25-23-20-17-14-11-8-5-2/h8,11,15-20,24-27,30-31,33-34,44,46,51,54,59,62,76-78,82-83H,4-7,9-10,12-14,21-23,28-29,32,35-43,45,47-50,52-53,55-58,60-61,63-75H2,1-3H3,(H,87,88)(H,89,90)/b11-8-,18-15-,19-16-,20-17-,26-24-,27-25-,31-30-,34-33-,46-44-,54-51-,62-59-. The molecule has 0 saturated heterocycles. The van der Waals surface area contributed by atoms with Crippen molar-refractivity contribution in [3.8, 4) is 0 Å². The number of aliphatic hydroxyl groups excluding tert-OH is 2. The average Bonchev–Trinajstić information content (AvgIpc) is 1.32. The number of allylic oxidation sites excluding steroid dienone is 22. The molecule has 0 heterocycles. The monoisotopic (exact) mass is 1430 g/mol. The molecule has 18 heteroatoms. The number of rotatable bonds is 72. The molecule has 0 fully saturated rings. The summed E-state index contributed by atoms with van der Waals surface area (Å²) in [7, 11) is -9.80. The first-order valence-electron chi connectivity index (χ1n) is 38.5. The Labute approximate surface area is 601 Å². The van der Waals surface area contributed by atoms with Crippen molar-refractivity contribution in [3.63, 3.8) is 0 Å². The van der Waals surface area contributed by atoms with Crippen LogP contribution in [-0.2, 0) is 55.8 Å². The zero-order valence-corrected chi connectivity index (χ0v) is 63.7. The maximum Gasteiger partial charge on any atom is 0.472 e. The molecule has 0 rings (SSSR count). The molecule has 0 aliphatic carbocycles. The van der Waals surface area contributed by atoms with Crippen LogP contribution in [0, 0.1) is 0 Å². The summed E-state index contributed by atoms with van der Waals surface area (Å²) in [5.41, 5.74) is 0. The van der Waals surface area contributed by atoms with E-state index in [1.165, 1.54) is 128 Å². The van der Waals surface area contributed by atoms with E-state index < -0.39 is 91.5 Å². The Kier molecular flexibility index (Phi) is 70.2. The van der Waals surface area contributed by atoms with Gasteiger partial charge in [-0.3, -0.25) is 32.5 Å². The zero-order chi connectivity index (χ0) is 72.3. The van der Waals surface area contributed by atoms with Crippen LogP contribution in [0.15, 0.2) is 134 Å². The summed E-state index contributed by atoms with van der Waals surface area (Å²) < 4.78 is 60.8. The highest BCUT2D eigenvalue weighted by atomic mass is 31.2. The number of esters is 3. The van der Waals surface area contributed by atoms with Gasteiger partial charge in [0.2, 0.25) is 0 Å². The maximum absolute atomic E-state index is 12.9. The highest BCUT2D eigenvalue weighted by Gasteiger charge is 2.29. The van der Waals surface area contributed by atoms with E-state index in [1.807, 2.05) is 18.2 Å². The number of carbonyl (C=O) groups excluding carboxylic acids is 3. The maximum atomic E-state index is 12.9. The van der Waals surface area contributed by atoms with Gasteiger partial charge >= 0.3 is 33.6 Å². The smallest absolute Gasteiger partial charge is 0.463 e. The summed E-state index contributed by atoms with van der Waals surface area (Å²) in [6.07, 6.45) is 88.4. The molecule has 0 saturated carbocycles. The Balaban J connectivity index is 4.40. The van der Waals surface area contributed by atoms with Gasteiger partial charge in [0.05, 0.1) is 26.4 Å². The molecular weight excluding hydrogens is 1290 g/mol. The van der Waals surface area contributed by atoms with Crippen LogP contribution >= 0.6 is 15.6 Å². The van der Waals surface area contributed by atoms with Crippen molar-refractivity contribution >= 4 is 33.6 Å². The van der Waals surface area contributed by atoms with Crippen LogP contribution in [-0.4, -0.2) is 95.9 Å². The van der Waals surface area contributed by atoms with E-state index in [9.17, 15) is 43.5 Å². The summed E-state index contributed by atoms with van der Waals surface area (Å²) in [5, 5.41) is 20.6. The Morgan fingerprint density at radius 3 is 0.949 bits per heavy atom. The summed E-state index contributed by atoms with van der Waals surface area (Å²) in [5.74, 6) is -1.69. The molecule has 0 bridgehead atoms. The van der Waals surface area contributed by atoms with Gasteiger partial charge in [0.15, 0.2) is 6.10 Å². The Hall–Kier alpha value is -4.31. The second kappa shape index (κ2) is 73.4. The van der Waals surface area contributed by atoms with E-state index in [0.717, 1.165) is 109 Å². The number of ether oxygens (including phenoxy) is 3. The second-order valence-corrected chi connectivity index (χ2v) is 28.3. The minimum atomic E-state index is -4.94. The van der Waals surface area contributed by atoms with Crippen LogP contribution in [0.1, 0.15) is 303 Å². The van der Waals surface area contributed by atoms with Crippen molar-refractivity contribution in [2.45, 2.75) is 322 Å². The fourth-order valence-electron chi connectivity index (χ4n) is 9.97. The lowest BCUT2D eigenvalue weighted by molar-refractivity contribution is -0.161. The quantitative estimate of drug-likeness (QED) is 0.0146. The van der Waals surface area contributed by atoms with Gasteiger partial charge in [0.25, 0.3) is 0 Å². The lowest BCUT2D eigenvalue weighted by Gasteiger charge is -2.21. The number of hydrogen-bond acceptors (Lipinski definition) is 14. The molecule has 99 heavy (non-hydrogen) atoms. The fourth-order valence-corrected chi connectivity index (χ4v) is 11.6. The first-order chi connectivity index (χ1) is 48.2. The van der Waals surface area contributed by atoms with Crippen LogP contribution in [0.4, 0.5) is 0 Å². The highest BCUT2D eigenvalue weighted by Crippen LogP contribution is 2.45.